The smallest absolute Gasteiger partial charge is 0.285 e. The third kappa shape index (κ3) is 4.09. The van der Waals surface area contributed by atoms with E-state index in [9.17, 15) is 0 Å². The first-order valence-electron chi connectivity index (χ1n) is 7.74. The van der Waals surface area contributed by atoms with Crippen LogP contribution in [-0.2, 0) is 4.12 Å². The molecule has 0 amide bonds. The Bertz CT molecular complexity index is 214. The minimum atomic E-state index is -2.12. The summed E-state index contributed by atoms with van der Waals surface area (Å²) in [6, 6.07) is 3.61. The summed E-state index contributed by atoms with van der Waals surface area (Å²) in [6.45, 7) is 16.0. The van der Waals surface area contributed by atoms with Crippen molar-refractivity contribution in [3.8, 4) is 0 Å². The van der Waals surface area contributed by atoms with Crippen LogP contribution in [0.3, 0.4) is 0 Å². The Morgan fingerprint density at radius 2 is 1.17 bits per heavy atom. The van der Waals surface area contributed by atoms with Crippen LogP contribution < -0.4 is 0 Å². The van der Waals surface area contributed by atoms with Crippen molar-refractivity contribution >= 4 is 27.0 Å². The molecule has 0 bridgehead atoms. The minimum absolute atomic E-state index is 0.547. The maximum absolute atomic E-state index is 7.11. The molecule has 0 aliphatic rings. The van der Waals surface area contributed by atoms with Crippen molar-refractivity contribution in [3.63, 3.8) is 0 Å². The molecule has 0 saturated heterocycles. The summed E-state index contributed by atoms with van der Waals surface area (Å²) >= 11 is 7.11. The van der Waals surface area contributed by atoms with Crippen LogP contribution in [0, 0.1) is 0 Å². The number of halogens is 1. The molecule has 0 N–H and O–H groups in total. The summed E-state index contributed by atoms with van der Waals surface area (Å²) in [5, 5.41) is 0. The zero-order valence-corrected chi connectivity index (χ0v) is 16.2. The Hall–Kier alpha value is 0.684. The first-order valence-corrected chi connectivity index (χ1v) is 13.3. The normalized spacial score (nSPS) is 19.3. The van der Waals surface area contributed by atoms with Gasteiger partial charge < -0.3 is 4.12 Å². The maximum Gasteiger partial charge on any atom is 0.285 e. The summed E-state index contributed by atoms with van der Waals surface area (Å²) in [5.41, 5.74) is 1.09. The zero-order chi connectivity index (χ0) is 14.4. The van der Waals surface area contributed by atoms with E-state index in [0.717, 1.165) is 12.8 Å². The van der Waals surface area contributed by atoms with Gasteiger partial charge in [-0.1, -0.05) is 61.3 Å². The molecule has 2 atom stereocenters. The van der Waals surface area contributed by atoms with E-state index in [1.54, 1.807) is 0 Å². The van der Waals surface area contributed by atoms with Crippen LogP contribution in [0.5, 0.6) is 0 Å². The summed E-state index contributed by atoms with van der Waals surface area (Å²) in [7, 11) is -3.70. The second-order valence-electron chi connectivity index (χ2n) is 5.66. The van der Waals surface area contributed by atoms with Crippen molar-refractivity contribution < 1.29 is 4.12 Å². The van der Waals surface area contributed by atoms with Crippen LogP contribution in [0.15, 0.2) is 0 Å². The first-order chi connectivity index (χ1) is 8.35. The summed E-state index contributed by atoms with van der Waals surface area (Å²) < 4.78 is 6.82. The molecule has 0 aromatic heterocycles. The standard InChI is InChI=1S/C14H33ClOSi2/c1-8-13(6)18(15,14(7)9-2)16-17(10-3,11-4)12-5/h13-14H,8-12H2,1-7H3. The highest BCUT2D eigenvalue weighted by atomic mass is 35.6. The molecule has 0 aliphatic carbocycles. The van der Waals surface area contributed by atoms with Gasteiger partial charge in [0.2, 0.25) is 0 Å². The predicted octanol–water partition coefficient (Wildman–Crippen LogP) is 6.29. The van der Waals surface area contributed by atoms with E-state index in [-0.39, 0.29) is 0 Å². The lowest BCUT2D eigenvalue weighted by Crippen LogP contribution is -2.51. The van der Waals surface area contributed by atoms with Gasteiger partial charge in [-0.15, -0.1) is 11.1 Å². The van der Waals surface area contributed by atoms with Gasteiger partial charge in [0.25, 0.3) is 7.63 Å². The molecule has 0 aromatic carbocycles. The third-order valence-electron chi connectivity index (χ3n) is 4.87. The molecule has 0 fully saturated rings. The van der Waals surface area contributed by atoms with Crippen LogP contribution in [-0.4, -0.2) is 15.9 Å². The Labute approximate surface area is 122 Å². The quantitative estimate of drug-likeness (QED) is 0.359. The summed E-state index contributed by atoms with van der Waals surface area (Å²) in [4.78, 5) is 0. The van der Waals surface area contributed by atoms with Gasteiger partial charge >= 0.3 is 0 Å². The number of hydrogen-bond donors (Lipinski definition) is 0. The maximum atomic E-state index is 7.11. The lowest BCUT2D eigenvalue weighted by atomic mass is 10.4. The highest BCUT2D eigenvalue weighted by Gasteiger charge is 2.48. The fourth-order valence-electron chi connectivity index (χ4n) is 2.54. The van der Waals surface area contributed by atoms with Crippen molar-refractivity contribution in [3.05, 3.63) is 0 Å². The minimum Gasteiger partial charge on any atom is -0.444 e. The fraction of sp³-hybridized carbons (Fsp3) is 1.00. The van der Waals surface area contributed by atoms with E-state index in [1.807, 2.05) is 0 Å². The Morgan fingerprint density at radius 3 is 1.39 bits per heavy atom. The van der Waals surface area contributed by atoms with Gasteiger partial charge in [0, 0.05) is 0 Å². The Balaban J connectivity index is 5.22. The van der Waals surface area contributed by atoms with Crippen LogP contribution in [0.4, 0.5) is 0 Å². The van der Waals surface area contributed by atoms with E-state index in [0.29, 0.717) is 11.1 Å². The van der Waals surface area contributed by atoms with Crippen molar-refractivity contribution in [1.29, 1.82) is 0 Å². The second kappa shape index (κ2) is 8.08. The number of rotatable bonds is 9. The zero-order valence-electron chi connectivity index (χ0n) is 13.5. The lowest BCUT2D eigenvalue weighted by molar-refractivity contribution is 0.487. The van der Waals surface area contributed by atoms with Crippen molar-refractivity contribution in [2.45, 2.75) is 90.5 Å². The molecule has 0 spiro atoms. The topological polar surface area (TPSA) is 9.23 Å². The average Bonchev–Trinajstić information content (AvgIpc) is 2.42. The monoisotopic (exact) mass is 308 g/mol. The van der Waals surface area contributed by atoms with Crippen molar-refractivity contribution in [1.82, 2.24) is 0 Å². The van der Waals surface area contributed by atoms with E-state index in [2.05, 4.69) is 48.5 Å². The van der Waals surface area contributed by atoms with Crippen LogP contribution in [0.25, 0.3) is 0 Å². The van der Waals surface area contributed by atoms with Gasteiger partial charge in [0.15, 0.2) is 8.32 Å². The highest BCUT2D eigenvalue weighted by Crippen LogP contribution is 2.44. The molecule has 0 rings (SSSR count). The van der Waals surface area contributed by atoms with Crippen molar-refractivity contribution in [2.75, 3.05) is 0 Å². The van der Waals surface area contributed by atoms with Crippen LogP contribution >= 0.6 is 11.1 Å². The molecule has 0 heterocycles. The molecule has 4 heteroatoms. The van der Waals surface area contributed by atoms with Gasteiger partial charge in [-0.3, -0.25) is 0 Å². The molecule has 18 heavy (non-hydrogen) atoms. The Kier molecular flexibility index (Phi) is 8.39. The molecule has 2 unspecified atom stereocenters. The molecule has 110 valence electrons. The van der Waals surface area contributed by atoms with Crippen molar-refractivity contribution in [2.24, 2.45) is 0 Å². The van der Waals surface area contributed by atoms with Crippen LogP contribution in [0.1, 0.15) is 61.3 Å². The third-order valence-corrected chi connectivity index (χ3v) is 18.2. The van der Waals surface area contributed by atoms with E-state index >= 15 is 0 Å². The SMILES string of the molecule is CCC(C)[Si](Cl)(O[Si](CC)(CC)CC)C(C)CC. The highest BCUT2D eigenvalue weighted by molar-refractivity contribution is 7.20. The molecule has 0 radical (unpaired) electrons. The van der Waals surface area contributed by atoms with E-state index in [1.165, 1.54) is 18.1 Å². The molecule has 0 saturated carbocycles. The predicted molar refractivity (Wildman–Crippen MR) is 89.3 cm³/mol. The first kappa shape index (κ1) is 18.7. The molecule has 0 aromatic rings. The number of hydrogen-bond acceptors (Lipinski definition) is 1. The molecular weight excluding hydrogens is 276 g/mol. The van der Waals surface area contributed by atoms with E-state index in [4.69, 9.17) is 15.2 Å². The van der Waals surface area contributed by atoms with E-state index < -0.39 is 15.9 Å². The average molecular weight is 309 g/mol. The second-order valence-corrected chi connectivity index (χ2v) is 16.1. The molecule has 1 nitrogen and oxygen atoms in total. The largest absolute Gasteiger partial charge is 0.444 e. The fourth-order valence-corrected chi connectivity index (χ4v) is 14.5. The molecular formula is C14H33ClOSi2. The Morgan fingerprint density at radius 1 is 0.833 bits per heavy atom. The van der Waals surface area contributed by atoms with Gasteiger partial charge in [0.1, 0.15) is 0 Å². The molecule has 0 aliphatic heterocycles. The van der Waals surface area contributed by atoms with Gasteiger partial charge in [-0.05, 0) is 29.2 Å². The summed E-state index contributed by atoms with van der Waals surface area (Å²) in [5.74, 6) is 0. The van der Waals surface area contributed by atoms with Gasteiger partial charge in [-0.25, -0.2) is 0 Å². The van der Waals surface area contributed by atoms with Gasteiger partial charge in [0.05, 0.1) is 0 Å². The van der Waals surface area contributed by atoms with Crippen LogP contribution in [0.2, 0.25) is 29.2 Å². The lowest BCUT2D eigenvalue weighted by Gasteiger charge is -2.43. The van der Waals surface area contributed by atoms with Gasteiger partial charge in [-0.2, -0.15) is 0 Å². The summed E-state index contributed by atoms with van der Waals surface area (Å²) in [6.07, 6.45) is 2.28.